The van der Waals surface area contributed by atoms with Gasteiger partial charge in [-0.2, -0.15) is 0 Å². The van der Waals surface area contributed by atoms with Gasteiger partial charge < -0.3 is 9.84 Å². The smallest absolute Gasteiger partial charge is 0.329 e. The molecule has 1 fully saturated rings. The number of carbonyl (C=O) groups is 1. The zero-order valence-corrected chi connectivity index (χ0v) is 15.8. The predicted octanol–water partition coefficient (Wildman–Crippen LogP) is 3.15. The van der Waals surface area contributed by atoms with Crippen LogP contribution in [0.3, 0.4) is 0 Å². The molecule has 1 N–H and O–H groups in total. The molecule has 0 aromatic heterocycles. The van der Waals surface area contributed by atoms with Gasteiger partial charge in [0.1, 0.15) is 6.56 Å². The summed E-state index contributed by atoms with van der Waals surface area (Å²) in [6.45, 7) is 1.18. The number of benzene rings is 2. The van der Waals surface area contributed by atoms with Crippen molar-refractivity contribution >= 4 is 17.6 Å². The summed E-state index contributed by atoms with van der Waals surface area (Å²) in [6.07, 6.45) is 0. The van der Waals surface area contributed by atoms with E-state index in [4.69, 9.17) is 24.2 Å². The van der Waals surface area contributed by atoms with Crippen molar-refractivity contribution in [1.29, 1.82) is 0 Å². The molecule has 1 aliphatic heterocycles. The van der Waals surface area contributed by atoms with Crippen LogP contribution in [0.4, 0.5) is 0 Å². The number of nitrogens with zero attached hydrogens (tertiary/aromatic N) is 2. The summed E-state index contributed by atoms with van der Waals surface area (Å²) >= 11 is 6.07. The van der Waals surface area contributed by atoms with Crippen LogP contribution in [0.1, 0.15) is 19.9 Å². The van der Waals surface area contributed by atoms with Crippen LogP contribution in [0.25, 0.3) is 0 Å². The molecule has 0 unspecified atom stereocenters. The average molecular weight is 391 g/mol. The van der Waals surface area contributed by atoms with Crippen molar-refractivity contribution in [2.45, 2.75) is 6.04 Å². The van der Waals surface area contributed by atoms with Crippen LogP contribution in [0, 0.1) is 0 Å². The molecule has 6 heteroatoms. The van der Waals surface area contributed by atoms with Crippen molar-refractivity contribution in [1.82, 2.24) is 9.80 Å². The van der Waals surface area contributed by atoms with Crippen LogP contribution in [0.2, 0.25) is 5.02 Å². The first-order chi connectivity index (χ1) is 13.9. The summed E-state index contributed by atoms with van der Waals surface area (Å²) in [5.41, 5.74) is 2.41. The number of hydrogen-bond donors (Lipinski definition) is 1. The van der Waals surface area contributed by atoms with Gasteiger partial charge in [-0.15, -0.1) is 0 Å². The molecular weight excluding hydrogens is 364 g/mol. The van der Waals surface area contributed by atoms with E-state index in [9.17, 15) is 4.79 Å². The number of carboxylic acid groups (broad SMARTS) is 1. The monoisotopic (exact) mass is 390 g/mol. The normalized spacial score (nSPS) is 18.6. The summed E-state index contributed by atoms with van der Waals surface area (Å²) < 4.78 is 19.5. The Morgan fingerprint density at radius 2 is 1.70 bits per heavy atom. The highest BCUT2D eigenvalue weighted by atomic mass is 35.5. The fraction of sp³-hybridized carbons (Fsp3) is 0.381. The number of aliphatic carboxylic acids is 1. The molecule has 0 bridgehead atoms. The highest BCUT2D eigenvalue weighted by molar-refractivity contribution is 6.30. The molecule has 0 amide bonds. The second-order valence-electron chi connectivity index (χ2n) is 6.50. The first kappa shape index (κ1) is 17.2. The van der Waals surface area contributed by atoms with Gasteiger partial charge in [-0.3, -0.25) is 9.80 Å². The molecule has 1 heterocycles. The Bertz CT molecular complexity index is 797. The topological polar surface area (TPSA) is 53.0 Å². The Hall–Kier alpha value is -1.92. The number of piperazine rings is 1. The molecule has 1 saturated heterocycles. The highest BCUT2D eigenvalue weighted by Crippen LogP contribution is 2.30. The van der Waals surface area contributed by atoms with E-state index >= 15 is 0 Å². The predicted molar refractivity (Wildman–Crippen MR) is 106 cm³/mol. The van der Waals surface area contributed by atoms with Gasteiger partial charge in [0.25, 0.3) is 0 Å². The van der Waals surface area contributed by atoms with E-state index in [1.807, 2.05) is 30.3 Å². The second-order valence-corrected chi connectivity index (χ2v) is 6.93. The fourth-order valence-electron chi connectivity index (χ4n) is 3.43. The lowest BCUT2D eigenvalue weighted by Crippen LogP contribution is -2.48. The average Bonchev–Trinajstić information content (AvgIpc) is 2.71. The molecule has 0 aliphatic carbocycles. The van der Waals surface area contributed by atoms with Crippen LogP contribution in [0.5, 0.6) is 0 Å². The Labute approximate surface area is 167 Å². The Morgan fingerprint density at radius 3 is 2.33 bits per heavy atom. The van der Waals surface area contributed by atoms with Crippen LogP contribution in [0.15, 0.2) is 54.6 Å². The van der Waals surface area contributed by atoms with E-state index in [2.05, 4.69) is 34.1 Å². The minimum Gasteiger partial charge on any atom is -0.480 e. The molecule has 0 saturated carbocycles. The number of ether oxygens (including phenoxy) is 1. The minimum absolute atomic E-state index is 0.0403. The maximum atomic E-state index is 10.8. The standard InChI is InChI=1S/C21H25ClN2O3/c22-19-8-6-18(7-9-19)21(17-4-2-1-3-5-17)24-12-10-23(11-13-24)14-15-27-16-20(25)26/h1-9,21H,10-16H2,(H,25,26)/t21-/m1/s1/i16D2. The van der Waals surface area contributed by atoms with Crippen molar-refractivity contribution in [3.63, 3.8) is 0 Å². The summed E-state index contributed by atoms with van der Waals surface area (Å²) in [6, 6.07) is 18.4. The van der Waals surface area contributed by atoms with Crippen LogP contribution < -0.4 is 0 Å². The molecule has 144 valence electrons. The van der Waals surface area contributed by atoms with Gasteiger partial charge in [0.15, 0.2) is 0 Å². The number of rotatable bonds is 8. The molecule has 1 atom stereocenters. The van der Waals surface area contributed by atoms with Crippen molar-refractivity contribution in [2.24, 2.45) is 0 Å². The SMILES string of the molecule is [2H]C([2H])(OCCN1CCN([C@H](c2ccccc2)c2ccc(Cl)cc2)CC1)C(=O)O. The zero-order valence-electron chi connectivity index (χ0n) is 17.1. The van der Waals surface area contributed by atoms with Crippen LogP contribution in [-0.2, 0) is 9.53 Å². The van der Waals surface area contributed by atoms with E-state index < -0.39 is 12.5 Å². The first-order valence-corrected chi connectivity index (χ1v) is 9.39. The van der Waals surface area contributed by atoms with Crippen LogP contribution >= 0.6 is 11.6 Å². The molecule has 2 aromatic carbocycles. The van der Waals surface area contributed by atoms with E-state index in [1.165, 1.54) is 11.1 Å². The third-order valence-corrected chi connectivity index (χ3v) is 4.99. The largest absolute Gasteiger partial charge is 0.480 e. The minimum atomic E-state index is -2.64. The summed E-state index contributed by atoms with van der Waals surface area (Å²) in [4.78, 5) is 15.4. The lowest BCUT2D eigenvalue weighted by molar-refractivity contribution is -0.142. The Kier molecular flexibility index (Phi) is 6.28. The number of carboxylic acids is 1. The molecule has 5 nitrogen and oxygen atoms in total. The highest BCUT2D eigenvalue weighted by Gasteiger charge is 2.26. The second kappa shape index (κ2) is 9.85. The Morgan fingerprint density at radius 1 is 1.07 bits per heavy atom. The molecule has 3 rings (SSSR count). The molecule has 2 aromatic rings. The quantitative estimate of drug-likeness (QED) is 0.750. The molecule has 0 spiro atoms. The van der Waals surface area contributed by atoms with Gasteiger partial charge >= 0.3 is 5.97 Å². The number of halogens is 1. The van der Waals surface area contributed by atoms with Gasteiger partial charge in [0, 0.05) is 37.7 Å². The first-order valence-electron chi connectivity index (χ1n) is 10.0. The molecule has 27 heavy (non-hydrogen) atoms. The lowest BCUT2D eigenvalue weighted by atomic mass is 9.96. The summed E-state index contributed by atoms with van der Waals surface area (Å²) in [7, 11) is 0. The van der Waals surface area contributed by atoms with E-state index in [0.29, 0.717) is 11.6 Å². The van der Waals surface area contributed by atoms with Gasteiger partial charge in [-0.1, -0.05) is 54.1 Å². The molecular formula is C21H25ClN2O3. The van der Waals surface area contributed by atoms with Crippen molar-refractivity contribution < 1.29 is 17.4 Å². The van der Waals surface area contributed by atoms with E-state index in [-0.39, 0.29) is 12.6 Å². The lowest BCUT2D eigenvalue weighted by Gasteiger charge is -2.39. The van der Waals surface area contributed by atoms with E-state index in [1.54, 1.807) is 0 Å². The Balaban J connectivity index is 1.62. The van der Waals surface area contributed by atoms with Gasteiger partial charge in [-0.25, -0.2) is 4.79 Å². The van der Waals surface area contributed by atoms with Crippen molar-refractivity contribution in [2.75, 3.05) is 45.9 Å². The summed E-state index contributed by atoms with van der Waals surface area (Å²) in [5.74, 6) is -1.60. The third-order valence-electron chi connectivity index (χ3n) is 4.74. The van der Waals surface area contributed by atoms with Crippen molar-refractivity contribution in [3.8, 4) is 0 Å². The van der Waals surface area contributed by atoms with Gasteiger partial charge in [0.2, 0.25) is 0 Å². The fourth-order valence-corrected chi connectivity index (χ4v) is 3.55. The van der Waals surface area contributed by atoms with Crippen LogP contribution in [-0.4, -0.2) is 66.8 Å². The van der Waals surface area contributed by atoms with Gasteiger partial charge in [-0.05, 0) is 23.3 Å². The zero-order chi connectivity index (χ0) is 20.9. The maximum Gasteiger partial charge on any atom is 0.329 e. The van der Waals surface area contributed by atoms with Gasteiger partial charge in [0.05, 0.1) is 15.4 Å². The molecule has 0 radical (unpaired) electrons. The maximum absolute atomic E-state index is 10.8. The number of hydrogen-bond acceptors (Lipinski definition) is 4. The molecule has 1 aliphatic rings. The summed E-state index contributed by atoms with van der Waals surface area (Å²) in [5, 5.41) is 9.49. The van der Waals surface area contributed by atoms with E-state index in [0.717, 1.165) is 26.2 Å². The third kappa shape index (κ3) is 5.78. The van der Waals surface area contributed by atoms with Crippen molar-refractivity contribution in [3.05, 3.63) is 70.7 Å².